The minimum absolute atomic E-state index is 0.00838. The molecule has 5 rings (SSSR count). The normalized spacial score (nSPS) is 20.1. The van der Waals surface area contributed by atoms with Crippen LogP contribution in [0.2, 0.25) is 0 Å². The van der Waals surface area contributed by atoms with E-state index in [9.17, 15) is 27.2 Å². The summed E-state index contributed by atoms with van der Waals surface area (Å²) in [6.07, 6.45) is -3.81. The van der Waals surface area contributed by atoms with Gasteiger partial charge in [-0.2, -0.15) is 4.31 Å². The number of carbonyl (C=O) groups is 3. The van der Waals surface area contributed by atoms with Crippen LogP contribution in [0.5, 0.6) is 5.75 Å². The molecule has 2 unspecified atom stereocenters. The van der Waals surface area contributed by atoms with Crippen LogP contribution < -0.4 is 4.74 Å². The third-order valence-corrected chi connectivity index (χ3v) is 9.11. The van der Waals surface area contributed by atoms with E-state index in [1.54, 1.807) is 6.07 Å². The molecule has 2 aliphatic heterocycles. The van der Waals surface area contributed by atoms with Gasteiger partial charge in [-0.05, 0) is 47.5 Å². The first-order valence-electron chi connectivity index (χ1n) is 13.9. The van der Waals surface area contributed by atoms with Crippen LogP contribution in [0, 0.1) is 5.82 Å². The SMILES string of the molecule is COC1OC(=O)[C@H](Cc2cccc(S(=O)(=O)N3CC(Oc4ccc(F)cc4)(c4ccccc4)C3)c2)N1C(=O)OC(C)OC(C)=O. The molecule has 2 aliphatic rings. The molecule has 45 heavy (non-hydrogen) atoms. The van der Waals surface area contributed by atoms with Crippen LogP contribution in [0.25, 0.3) is 0 Å². The van der Waals surface area contributed by atoms with Gasteiger partial charge in [0.1, 0.15) is 17.6 Å². The van der Waals surface area contributed by atoms with Crippen molar-refractivity contribution in [2.45, 2.75) is 49.5 Å². The lowest BCUT2D eigenvalue weighted by Crippen LogP contribution is -2.64. The van der Waals surface area contributed by atoms with E-state index in [1.807, 2.05) is 30.3 Å². The summed E-state index contributed by atoms with van der Waals surface area (Å²) in [5, 5.41) is 0. The number of hydrogen-bond donors (Lipinski definition) is 0. The number of halogens is 1. The van der Waals surface area contributed by atoms with E-state index in [0.717, 1.165) is 17.4 Å². The van der Waals surface area contributed by atoms with Crippen molar-refractivity contribution < 1.29 is 50.9 Å². The van der Waals surface area contributed by atoms with Crippen molar-refractivity contribution >= 4 is 28.1 Å². The minimum Gasteiger partial charge on any atom is -0.480 e. The van der Waals surface area contributed by atoms with Gasteiger partial charge < -0.3 is 23.7 Å². The number of nitrogens with zero attached hydrogens (tertiary/aromatic N) is 2. The van der Waals surface area contributed by atoms with Gasteiger partial charge in [0, 0.05) is 27.4 Å². The fourth-order valence-corrected chi connectivity index (χ4v) is 6.79. The highest BCUT2D eigenvalue weighted by Crippen LogP contribution is 2.40. The van der Waals surface area contributed by atoms with Gasteiger partial charge in [-0.3, -0.25) is 4.79 Å². The quantitative estimate of drug-likeness (QED) is 0.238. The molecule has 0 bridgehead atoms. The molecular weight excluding hydrogens is 611 g/mol. The van der Waals surface area contributed by atoms with E-state index in [-0.39, 0.29) is 24.4 Å². The summed E-state index contributed by atoms with van der Waals surface area (Å²) in [4.78, 5) is 37.8. The van der Waals surface area contributed by atoms with Crippen molar-refractivity contribution in [3.63, 3.8) is 0 Å². The fourth-order valence-electron chi connectivity index (χ4n) is 5.19. The van der Waals surface area contributed by atoms with Crippen LogP contribution in [0.4, 0.5) is 9.18 Å². The number of methoxy groups -OCH3 is 1. The zero-order valence-electron chi connectivity index (χ0n) is 24.6. The first-order valence-corrected chi connectivity index (χ1v) is 15.3. The molecule has 238 valence electrons. The zero-order chi connectivity index (χ0) is 32.4. The summed E-state index contributed by atoms with van der Waals surface area (Å²) in [5.74, 6) is -1.50. The highest BCUT2D eigenvalue weighted by Gasteiger charge is 2.52. The largest absolute Gasteiger partial charge is 0.480 e. The molecule has 0 saturated carbocycles. The van der Waals surface area contributed by atoms with Gasteiger partial charge in [-0.1, -0.05) is 42.5 Å². The third-order valence-electron chi connectivity index (χ3n) is 7.32. The average molecular weight is 643 g/mol. The molecule has 12 nitrogen and oxygen atoms in total. The average Bonchev–Trinajstić information content (AvgIpc) is 3.30. The Morgan fingerprint density at radius 1 is 1.02 bits per heavy atom. The van der Waals surface area contributed by atoms with Crippen molar-refractivity contribution in [2.24, 2.45) is 0 Å². The number of hydrogen-bond acceptors (Lipinski definition) is 10. The van der Waals surface area contributed by atoms with Crippen LogP contribution in [0.3, 0.4) is 0 Å². The van der Waals surface area contributed by atoms with E-state index in [4.69, 9.17) is 23.7 Å². The Bertz CT molecular complexity index is 1660. The van der Waals surface area contributed by atoms with E-state index in [2.05, 4.69) is 0 Å². The predicted octanol–water partition coefficient (Wildman–Crippen LogP) is 3.55. The van der Waals surface area contributed by atoms with Gasteiger partial charge in [-0.15, -0.1) is 0 Å². The summed E-state index contributed by atoms with van der Waals surface area (Å²) in [6.45, 7) is 2.46. The van der Waals surface area contributed by atoms with Crippen LogP contribution in [0.1, 0.15) is 25.0 Å². The maximum atomic E-state index is 13.7. The van der Waals surface area contributed by atoms with Gasteiger partial charge in [0.2, 0.25) is 16.3 Å². The fraction of sp³-hybridized carbons (Fsp3) is 0.323. The van der Waals surface area contributed by atoms with Crippen molar-refractivity contribution in [2.75, 3.05) is 20.2 Å². The van der Waals surface area contributed by atoms with Crippen LogP contribution >= 0.6 is 0 Å². The Morgan fingerprint density at radius 3 is 2.36 bits per heavy atom. The molecular formula is C31H31FN2O10S. The van der Waals surface area contributed by atoms with Gasteiger partial charge in [-0.25, -0.2) is 27.3 Å². The number of esters is 2. The van der Waals surface area contributed by atoms with Crippen molar-refractivity contribution in [1.82, 2.24) is 9.21 Å². The molecule has 3 atom stereocenters. The number of cyclic esters (lactones) is 1. The Morgan fingerprint density at radius 2 is 1.71 bits per heavy atom. The summed E-state index contributed by atoms with van der Waals surface area (Å²) in [6, 6.07) is 19.4. The minimum atomic E-state index is -4.02. The molecule has 2 saturated heterocycles. The highest BCUT2D eigenvalue weighted by molar-refractivity contribution is 7.89. The van der Waals surface area contributed by atoms with Crippen molar-refractivity contribution in [3.8, 4) is 5.75 Å². The second kappa shape index (κ2) is 12.8. The number of rotatable bonds is 10. The molecule has 3 aromatic rings. The van der Waals surface area contributed by atoms with Crippen LogP contribution in [-0.4, -0.2) is 74.6 Å². The Hall–Kier alpha value is -4.53. The molecule has 3 aromatic carbocycles. The molecule has 0 aliphatic carbocycles. The van der Waals surface area contributed by atoms with E-state index in [1.165, 1.54) is 60.8 Å². The molecule has 2 heterocycles. The molecule has 0 aromatic heterocycles. The second-order valence-corrected chi connectivity index (χ2v) is 12.4. The summed E-state index contributed by atoms with van der Waals surface area (Å²) < 4.78 is 68.8. The monoisotopic (exact) mass is 642 g/mol. The number of amides is 1. The van der Waals surface area contributed by atoms with Crippen molar-refractivity contribution in [1.29, 1.82) is 0 Å². The van der Waals surface area contributed by atoms with E-state index < -0.39 is 58.2 Å². The standard InChI is InChI=1S/C31H31FN2O10S/c1-20(35)41-21(2)42-29(37)34-27(28(36)43-30(34)40-3)17-22-8-7-11-26(16-22)45(38,39)33-18-31(19-33,23-9-5-4-6-10-23)44-25-14-12-24(32)13-15-25/h4-16,21,27,30H,17-19H2,1-3H3/t21?,27-,30?/m0/s1. The van der Waals surface area contributed by atoms with E-state index in [0.29, 0.717) is 11.3 Å². The second-order valence-electron chi connectivity index (χ2n) is 10.5. The molecule has 0 radical (unpaired) electrons. The maximum Gasteiger partial charge on any atom is 0.418 e. The van der Waals surface area contributed by atoms with Crippen LogP contribution in [0.15, 0.2) is 83.8 Å². The molecule has 1 amide bonds. The summed E-state index contributed by atoms with van der Waals surface area (Å²) >= 11 is 0. The molecule has 2 fully saturated rings. The van der Waals surface area contributed by atoms with Crippen LogP contribution in [-0.2, 0) is 50.6 Å². The van der Waals surface area contributed by atoms with Crippen molar-refractivity contribution in [3.05, 3.63) is 95.8 Å². The highest BCUT2D eigenvalue weighted by atomic mass is 32.2. The summed E-state index contributed by atoms with van der Waals surface area (Å²) in [7, 11) is -2.80. The Labute approximate surface area is 259 Å². The summed E-state index contributed by atoms with van der Waals surface area (Å²) in [5.41, 5.74) is 0.173. The lowest BCUT2D eigenvalue weighted by atomic mass is 9.87. The maximum absolute atomic E-state index is 13.7. The lowest BCUT2D eigenvalue weighted by molar-refractivity contribution is -0.178. The topological polar surface area (TPSA) is 138 Å². The number of sulfonamides is 1. The number of ether oxygens (including phenoxy) is 5. The zero-order valence-corrected chi connectivity index (χ0v) is 25.4. The third kappa shape index (κ3) is 6.77. The first kappa shape index (κ1) is 31.9. The smallest absolute Gasteiger partial charge is 0.418 e. The molecule has 0 N–H and O–H groups in total. The van der Waals surface area contributed by atoms with Gasteiger partial charge in [0.15, 0.2) is 5.60 Å². The number of benzene rings is 3. The predicted molar refractivity (Wildman–Crippen MR) is 154 cm³/mol. The Balaban J connectivity index is 1.34. The number of carbonyl (C=O) groups excluding carboxylic acids is 3. The Kier molecular flexibility index (Phi) is 9.09. The molecule has 14 heteroatoms. The lowest BCUT2D eigenvalue weighted by Gasteiger charge is -2.48. The van der Waals surface area contributed by atoms with Gasteiger partial charge in [0.05, 0.1) is 18.0 Å². The van der Waals surface area contributed by atoms with Gasteiger partial charge in [0.25, 0.3) is 6.41 Å². The first-order chi connectivity index (χ1) is 21.4. The van der Waals surface area contributed by atoms with E-state index >= 15 is 0 Å². The van der Waals surface area contributed by atoms with Gasteiger partial charge >= 0.3 is 18.0 Å². The molecule has 0 spiro atoms.